The van der Waals surface area contributed by atoms with Crippen molar-refractivity contribution in [1.29, 1.82) is 0 Å². The van der Waals surface area contributed by atoms with Gasteiger partial charge in [0.1, 0.15) is 11.5 Å². The molecule has 2 heteroatoms. The van der Waals surface area contributed by atoms with Crippen LogP contribution in [0.5, 0.6) is 0 Å². The first kappa shape index (κ1) is 13.3. The van der Waals surface area contributed by atoms with Crippen molar-refractivity contribution < 1.29 is 4.42 Å². The molecular weight excluding hydrogens is 198 g/mol. The molecule has 0 bridgehead atoms. The topological polar surface area (TPSA) is 25.2 Å². The second kappa shape index (κ2) is 6.09. The maximum Gasteiger partial charge on any atom is 0.120 e. The normalized spacial score (nSPS) is 15.4. The molecule has 16 heavy (non-hydrogen) atoms. The molecule has 2 unspecified atom stereocenters. The van der Waals surface area contributed by atoms with Crippen LogP contribution in [-0.4, -0.2) is 6.04 Å². The summed E-state index contributed by atoms with van der Waals surface area (Å²) in [5.74, 6) is 2.80. The summed E-state index contributed by atoms with van der Waals surface area (Å²) in [4.78, 5) is 0. The lowest BCUT2D eigenvalue weighted by Gasteiger charge is -2.19. The summed E-state index contributed by atoms with van der Waals surface area (Å²) in [6, 6.07) is 4.92. The summed E-state index contributed by atoms with van der Waals surface area (Å²) in [7, 11) is 0. The summed E-state index contributed by atoms with van der Waals surface area (Å²) >= 11 is 0. The zero-order valence-electron chi connectivity index (χ0n) is 11.2. The van der Waals surface area contributed by atoms with Gasteiger partial charge in [0.15, 0.2) is 0 Å². The van der Waals surface area contributed by atoms with E-state index in [1.165, 1.54) is 12.8 Å². The lowest BCUT2D eigenvalue weighted by atomic mass is 10.0. The van der Waals surface area contributed by atoms with E-state index in [2.05, 4.69) is 39.1 Å². The van der Waals surface area contributed by atoms with Crippen molar-refractivity contribution >= 4 is 0 Å². The van der Waals surface area contributed by atoms with Crippen LogP contribution in [0.2, 0.25) is 0 Å². The number of aryl methyl sites for hydroxylation is 1. The van der Waals surface area contributed by atoms with Gasteiger partial charge in [-0.1, -0.05) is 13.8 Å². The summed E-state index contributed by atoms with van der Waals surface area (Å²) in [6.07, 6.45) is 2.50. The van der Waals surface area contributed by atoms with Crippen LogP contribution in [0.15, 0.2) is 16.5 Å². The third-order valence-corrected chi connectivity index (χ3v) is 2.90. The van der Waals surface area contributed by atoms with E-state index < -0.39 is 0 Å². The van der Waals surface area contributed by atoms with Crippen LogP contribution in [0, 0.1) is 12.8 Å². The molecule has 0 aliphatic carbocycles. The van der Waals surface area contributed by atoms with Gasteiger partial charge in [-0.25, -0.2) is 0 Å². The van der Waals surface area contributed by atoms with Crippen molar-refractivity contribution in [2.24, 2.45) is 5.92 Å². The minimum Gasteiger partial charge on any atom is -0.465 e. The molecule has 2 atom stereocenters. The van der Waals surface area contributed by atoms with Gasteiger partial charge in [0.2, 0.25) is 0 Å². The number of rotatable bonds is 6. The quantitative estimate of drug-likeness (QED) is 0.786. The smallest absolute Gasteiger partial charge is 0.120 e. The number of hydrogen-bond donors (Lipinski definition) is 1. The van der Waals surface area contributed by atoms with Crippen molar-refractivity contribution in [2.75, 3.05) is 0 Å². The van der Waals surface area contributed by atoms with E-state index in [1.54, 1.807) is 0 Å². The van der Waals surface area contributed by atoms with Crippen molar-refractivity contribution in [3.63, 3.8) is 0 Å². The SMILES string of the molecule is Cc1ccc(C(C)NC(C)CCC(C)C)o1. The predicted molar refractivity (Wildman–Crippen MR) is 68.5 cm³/mol. The lowest BCUT2D eigenvalue weighted by molar-refractivity contribution is 0.367. The molecule has 1 heterocycles. The number of hydrogen-bond acceptors (Lipinski definition) is 2. The van der Waals surface area contributed by atoms with Crippen LogP contribution in [0.25, 0.3) is 0 Å². The first-order valence-corrected chi connectivity index (χ1v) is 6.31. The highest BCUT2D eigenvalue weighted by atomic mass is 16.3. The highest BCUT2D eigenvalue weighted by molar-refractivity contribution is 5.08. The first-order chi connectivity index (χ1) is 7.49. The molecule has 0 radical (unpaired) electrons. The van der Waals surface area contributed by atoms with Gasteiger partial charge in [-0.3, -0.25) is 0 Å². The molecule has 2 nitrogen and oxygen atoms in total. The van der Waals surface area contributed by atoms with E-state index in [0.717, 1.165) is 17.4 Å². The second-order valence-electron chi connectivity index (χ2n) is 5.21. The van der Waals surface area contributed by atoms with Crippen LogP contribution in [0.3, 0.4) is 0 Å². The summed E-state index contributed by atoms with van der Waals surface area (Å²) in [5, 5.41) is 3.57. The monoisotopic (exact) mass is 223 g/mol. The summed E-state index contributed by atoms with van der Waals surface area (Å²) in [5.41, 5.74) is 0. The Morgan fingerprint density at radius 3 is 2.31 bits per heavy atom. The lowest BCUT2D eigenvalue weighted by Crippen LogP contribution is -2.28. The average Bonchev–Trinajstić information content (AvgIpc) is 2.62. The van der Waals surface area contributed by atoms with Crippen molar-refractivity contribution in [3.05, 3.63) is 23.7 Å². The van der Waals surface area contributed by atoms with Gasteiger partial charge in [0.25, 0.3) is 0 Å². The predicted octanol–water partition coefficient (Wildman–Crippen LogP) is 4.06. The molecule has 0 amide bonds. The Kier molecular flexibility index (Phi) is 5.07. The molecule has 0 fully saturated rings. The van der Waals surface area contributed by atoms with E-state index in [9.17, 15) is 0 Å². The Hall–Kier alpha value is -0.760. The molecule has 0 saturated heterocycles. The summed E-state index contributed by atoms with van der Waals surface area (Å²) < 4.78 is 5.61. The van der Waals surface area contributed by atoms with Gasteiger partial charge in [0, 0.05) is 6.04 Å². The molecule has 0 aliphatic rings. The molecule has 0 saturated carbocycles. The highest BCUT2D eigenvalue weighted by Crippen LogP contribution is 2.17. The Labute approximate surface area is 99.4 Å². The van der Waals surface area contributed by atoms with Crippen molar-refractivity contribution in [3.8, 4) is 0 Å². The second-order valence-corrected chi connectivity index (χ2v) is 5.21. The Morgan fingerprint density at radius 2 is 1.81 bits per heavy atom. The Bertz CT molecular complexity index is 303. The maximum absolute atomic E-state index is 5.61. The molecule has 1 rings (SSSR count). The highest BCUT2D eigenvalue weighted by Gasteiger charge is 2.12. The zero-order valence-corrected chi connectivity index (χ0v) is 11.2. The van der Waals surface area contributed by atoms with E-state index in [1.807, 2.05) is 13.0 Å². The van der Waals surface area contributed by atoms with Crippen LogP contribution in [0.1, 0.15) is 58.1 Å². The van der Waals surface area contributed by atoms with Crippen LogP contribution in [0.4, 0.5) is 0 Å². The Morgan fingerprint density at radius 1 is 1.12 bits per heavy atom. The van der Waals surface area contributed by atoms with Crippen molar-refractivity contribution in [2.45, 2.75) is 59.5 Å². The Balaban J connectivity index is 2.36. The van der Waals surface area contributed by atoms with E-state index in [4.69, 9.17) is 4.42 Å². The number of furan rings is 1. The molecule has 92 valence electrons. The van der Waals surface area contributed by atoms with Gasteiger partial charge < -0.3 is 9.73 Å². The van der Waals surface area contributed by atoms with Gasteiger partial charge in [-0.2, -0.15) is 0 Å². The molecule has 1 aromatic heterocycles. The minimum absolute atomic E-state index is 0.302. The van der Waals surface area contributed by atoms with Gasteiger partial charge in [0.05, 0.1) is 6.04 Å². The maximum atomic E-state index is 5.61. The fourth-order valence-electron chi connectivity index (χ4n) is 1.86. The summed E-state index contributed by atoms with van der Waals surface area (Å²) in [6.45, 7) is 10.9. The average molecular weight is 223 g/mol. The van der Waals surface area contributed by atoms with Crippen molar-refractivity contribution in [1.82, 2.24) is 5.32 Å². The van der Waals surface area contributed by atoms with E-state index in [0.29, 0.717) is 12.1 Å². The molecular formula is C14H25NO. The largest absolute Gasteiger partial charge is 0.465 e. The molecule has 0 aliphatic heterocycles. The molecule has 1 aromatic rings. The van der Waals surface area contributed by atoms with Gasteiger partial charge in [-0.05, 0) is 51.7 Å². The van der Waals surface area contributed by atoms with E-state index >= 15 is 0 Å². The molecule has 0 aromatic carbocycles. The molecule has 1 N–H and O–H groups in total. The van der Waals surface area contributed by atoms with Crippen LogP contribution >= 0.6 is 0 Å². The van der Waals surface area contributed by atoms with Crippen LogP contribution in [-0.2, 0) is 0 Å². The number of nitrogens with one attached hydrogen (secondary N) is 1. The first-order valence-electron chi connectivity index (χ1n) is 6.31. The van der Waals surface area contributed by atoms with Crippen LogP contribution < -0.4 is 5.32 Å². The minimum atomic E-state index is 0.302. The third kappa shape index (κ3) is 4.40. The van der Waals surface area contributed by atoms with Gasteiger partial charge >= 0.3 is 0 Å². The fraction of sp³-hybridized carbons (Fsp3) is 0.714. The fourth-order valence-corrected chi connectivity index (χ4v) is 1.86. The standard InChI is InChI=1S/C14H25NO/c1-10(2)6-7-11(3)15-13(5)14-9-8-12(4)16-14/h8-11,13,15H,6-7H2,1-5H3. The molecule has 0 spiro atoms. The third-order valence-electron chi connectivity index (χ3n) is 2.90. The zero-order chi connectivity index (χ0) is 12.1. The van der Waals surface area contributed by atoms with E-state index in [-0.39, 0.29) is 0 Å². The van der Waals surface area contributed by atoms with Gasteiger partial charge in [-0.15, -0.1) is 0 Å².